The Morgan fingerprint density at radius 2 is 1.92 bits per heavy atom. The van der Waals surface area contributed by atoms with E-state index in [2.05, 4.69) is 20.3 Å². The smallest absolute Gasteiger partial charge is 0.394 e. The highest BCUT2D eigenvalue weighted by Crippen LogP contribution is 2.40. The predicted molar refractivity (Wildman–Crippen MR) is 86.5 cm³/mol. The second-order valence-corrected chi connectivity index (χ2v) is 6.88. The number of nitrogens with zero attached hydrogens (tertiary/aromatic N) is 4. The van der Waals surface area contributed by atoms with E-state index in [0.29, 0.717) is 18.9 Å². The molecule has 2 fully saturated rings. The Labute approximate surface area is 147 Å². The first-order chi connectivity index (χ1) is 12.3. The molecule has 0 spiro atoms. The third-order valence-electron chi connectivity index (χ3n) is 4.85. The van der Waals surface area contributed by atoms with Gasteiger partial charge in [-0.05, 0) is 38.8 Å². The van der Waals surface area contributed by atoms with Crippen LogP contribution in [0.4, 0.5) is 18.9 Å². The fourth-order valence-corrected chi connectivity index (χ4v) is 3.19. The Morgan fingerprint density at radius 1 is 1.23 bits per heavy atom. The largest absolute Gasteiger partial charge is 0.450 e. The number of aromatic nitrogens is 4. The van der Waals surface area contributed by atoms with Crippen LogP contribution in [0.3, 0.4) is 0 Å². The lowest BCUT2D eigenvalue weighted by Crippen LogP contribution is -2.40. The molecule has 2 aromatic heterocycles. The molecular formula is C16H19F3N6O. The van der Waals surface area contributed by atoms with Gasteiger partial charge in [-0.2, -0.15) is 13.2 Å². The van der Waals surface area contributed by atoms with E-state index in [0.717, 1.165) is 17.4 Å². The Balaban J connectivity index is 1.84. The minimum atomic E-state index is -4.71. The molecule has 0 bridgehead atoms. The highest BCUT2D eigenvalue weighted by atomic mass is 19.4. The monoisotopic (exact) mass is 368 g/mol. The predicted octanol–water partition coefficient (Wildman–Crippen LogP) is 1.71. The number of aliphatic hydroxyl groups is 1. The zero-order valence-electron chi connectivity index (χ0n) is 13.9. The lowest BCUT2D eigenvalue weighted by molar-refractivity contribution is -0.146. The topological polar surface area (TPSA) is 102 Å². The fourth-order valence-electron chi connectivity index (χ4n) is 3.19. The first-order valence-corrected chi connectivity index (χ1v) is 8.51. The summed E-state index contributed by atoms with van der Waals surface area (Å²) in [5, 5.41) is 13.8. The van der Waals surface area contributed by atoms with Gasteiger partial charge in [-0.25, -0.2) is 15.0 Å². The molecule has 2 aromatic rings. The summed E-state index contributed by atoms with van der Waals surface area (Å²) in [5.41, 5.74) is 4.47. The Kier molecular flexibility index (Phi) is 3.92. The average Bonchev–Trinajstić information content (AvgIpc) is 3.32. The van der Waals surface area contributed by atoms with Crippen LogP contribution >= 0.6 is 0 Å². The van der Waals surface area contributed by atoms with Crippen LogP contribution in [0.1, 0.15) is 48.9 Å². The molecule has 1 saturated heterocycles. The van der Waals surface area contributed by atoms with Crippen molar-refractivity contribution in [2.24, 2.45) is 0 Å². The molecule has 1 aliphatic heterocycles. The molecule has 3 heterocycles. The molecule has 7 nitrogen and oxygen atoms in total. The number of imidazole rings is 1. The summed E-state index contributed by atoms with van der Waals surface area (Å²) in [6.45, 7) is 1.01. The van der Waals surface area contributed by atoms with Gasteiger partial charge in [0, 0.05) is 12.1 Å². The van der Waals surface area contributed by atoms with Crippen LogP contribution < -0.4 is 11.1 Å². The zero-order valence-corrected chi connectivity index (χ0v) is 13.9. The maximum Gasteiger partial charge on any atom is 0.450 e. The molecular weight excluding hydrogens is 349 g/mol. The van der Waals surface area contributed by atoms with E-state index in [9.17, 15) is 18.3 Å². The molecule has 1 aliphatic carbocycles. The van der Waals surface area contributed by atoms with Gasteiger partial charge < -0.3 is 16.2 Å². The van der Waals surface area contributed by atoms with Crippen LogP contribution in [-0.4, -0.2) is 37.7 Å². The van der Waals surface area contributed by atoms with Gasteiger partial charge in [0.15, 0.2) is 5.82 Å². The summed E-state index contributed by atoms with van der Waals surface area (Å²) in [6.07, 6.45) is 0.216. The minimum Gasteiger partial charge on any atom is -0.394 e. The van der Waals surface area contributed by atoms with Gasteiger partial charge in [-0.1, -0.05) is 0 Å². The van der Waals surface area contributed by atoms with Gasteiger partial charge in [0.25, 0.3) is 0 Å². The number of nitrogen functional groups attached to an aromatic ring is 1. The Bertz CT molecular complexity index is 824. The van der Waals surface area contributed by atoms with E-state index in [-0.39, 0.29) is 36.0 Å². The van der Waals surface area contributed by atoms with Crippen molar-refractivity contribution in [2.45, 2.75) is 43.4 Å². The van der Waals surface area contributed by atoms with Gasteiger partial charge in [0.1, 0.15) is 11.4 Å². The molecule has 26 heavy (non-hydrogen) atoms. The van der Waals surface area contributed by atoms with Crippen LogP contribution in [-0.2, 0) is 11.8 Å². The second-order valence-electron chi connectivity index (χ2n) is 6.88. The molecule has 4 rings (SSSR count). The van der Waals surface area contributed by atoms with Crippen molar-refractivity contribution in [3.8, 4) is 5.82 Å². The number of rotatable bonds is 3. The molecule has 4 N–H and O–H groups in total. The summed E-state index contributed by atoms with van der Waals surface area (Å²) in [6, 6.07) is 0. The quantitative estimate of drug-likeness (QED) is 0.762. The van der Waals surface area contributed by atoms with Gasteiger partial charge in [-0.3, -0.25) is 4.57 Å². The molecule has 0 aromatic carbocycles. The standard InChI is InChI=1S/C16H19F3N6O/c17-16(18,19)14-23-11(15(26)3-5-21-6-4-15)8-25(14)13-10(20)7-22-12(24-13)9-1-2-9/h7-9,21,26H,1-6,20H2. The molecule has 0 atom stereocenters. The maximum atomic E-state index is 13.6. The van der Waals surface area contributed by atoms with Gasteiger partial charge in [-0.15, -0.1) is 0 Å². The number of alkyl halides is 3. The summed E-state index contributed by atoms with van der Waals surface area (Å²) >= 11 is 0. The maximum absolute atomic E-state index is 13.6. The average molecular weight is 368 g/mol. The molecule has 1 saturated carbocycles. The number of nitrogens with two attached hydrogens (primary N) is 1. The van der Waals surface area contributed by atoms with E-state index < -0.39 is 17.6 Å². The van der Waals surface area contributed by atoms with Crippen molar-refractivity contribution in [2.75, 3.05) is 18.8 Å². The van der Waals surface area contributed by atoms with E-state index >= 15 is 0 Å². The van der Waals surface area contributed by atoms with Crippen molar-refractivity contribution in [3.05, 3.63) is 29.7 Å². The van der Waals surface area contributed by atoms with E-state index in [1.54, 1.807) is 0 Å². The van der Waals surface area contributed by atoms with Gasteiger partial charge >= 0.3 is 6.18 Å². The number of hydrogen-bond acceptors (Lipinski definition) is 6. The van der Waals surface area contributed by atoms with Crippen molar-refractivity contribution >= 4 is 5.69 Å². The van der Waals surface area contributed by atoms with E-state index in [1.807, 2.05) is 0 Å². The van der Waals surface area contributed by atoms with Crippen LogP contribution in [0.25, 0.3) is 5.82 Å². The van der Waals surface area contributed by atoms with Crippen molar-refractivity contribution < 1.29 is 18.3 Å². The van der Waals surface area contributed by atoms with E-state index in [4.69, 9.17) is 5.73 Å². The summed E-state index contributed by atoms with van der Waals surface area (Å²) in [4.78, 5) is 12.1. The van der Waals surface area contributed by atoms with Crippen molar-refractivity contribution in [3.63, 3.8) is 0 Å². The van der Waals surface area contributed by atoms with Gasteiger partial charge in [0.05, 0.1) is 17.6 Å². The third-order valence-corrected chi connectivity index (χ3v) is 4.85. The molecule has 0 unspecified atom stereocenters. The summed E-state index contributed by atoms with van der Waals surface area (Å²) < 4.78 is 41.6. The highest BCUT2D eigenvalue weighted by Gasteiger charge is 2.42. The number of halogens is 3. The fraction of sp³-hybridized carbons (Fsp3) is 0.562. The lowest BCUT2D eigenvalue weighted by atomic mass is 9.90. The first-order valence-electron chi connectivity index (χ1n) is 8.51. The van der Waals surface area contributed by atoms with Crippen molar-refractivity contribution in [1.29, 1.82) is 0 Å². The van der Waals surface area contributed by atoms with Crippen LogP contribution in [0.2, 0.25) is 0 Å². The molecule has 2 aliphatic rings. The molecule has 10 heteroatoms. The Hall–Kier alpha value is -2.20. The lowest BCUT2D eigenvalue weighted by Gasteiger charge is -2.30. The zero-order chi connectivity index (χ0) is 18.5. The second kappa shape index (κ2) is 5.92. The number of nitrogens with one attached hydrogen (secondary N) is 1. The molecule has 0 amide bonds. The summed E-state index contributed by atoms with van der Waals surface area (Å²) in [7, 11) is 0. The SMILES string of the molecule is Nc1cnc(C2CC2)nc1-n1cc(C2(O)CCNCC2)nc1C(F)(F)F. The minimum absolute atomic E-state index is 0.0164. The number of anilines is 1. The number of hydrogen-bond donors (Lipinski definition) is 3. The molecule has 140 valence electrons. The summed E-state index contributed by atoms with van der Waals surface area (Å²) in [5.74, 6) is -0.546. The normalized spacial score (nSPS) is 20.3. The highest BCUT2D eigenvalue weighted by molar-refractivity contribution is 5.52. The Morgan fingerprint density at radius 3 is 2.54 bits per heavy atom. The molecule has 0 radical (unpaired) electrons. The number of piperidine rings is 1. The van der Waals surface area contributed by atoms with E-state index in [1.165, 1.54) is 12.4 Å². The first kappa shape index (κ1) is 17.2. The van der Waals surface area contributed by atoms with Crippen molar-refractivity contribution in [1.82, 2.24) is 24.8 Å². The van der Waals surface area contributed by atoms with Crippen LogP contribution in [0.5, 0.6) is 0 Å². The van der Waals surface area contributed by atoms with Crippen LogP contribution in [0, 0.1) is 0 Å². The van der Waals surface area contributed by atoms with Gasteiger partial charge in [0.2, 0.25) is 5.82 Å². The van der Waals surface area contributed by atoms with Crippen LogP contribution in [0.15, 0.2) is 12.4 Å². The third kappa shape index (κ3) is 3.03.